The molecule has 0 unspecified atom stereocenters. The summed E-state index contributed by atoms with van der Waals surface area (Å²) < 4.78 is 7.92. The number of fused-ring (bicyclic) bond motifs is 2. The Labute approximate surface area is 198 Å². The third kappa shape index (κ3) is 4.38. The predicted octanol–water partition coefficient (Wildman–Crippen LogP) is 1.74. The van der Waals surface area contributed by atoms with Gasteiger partial charge in [0.15, 0.2) is 11.2 Å². The molecule has 5 aromatic rings. The molecule has 0 saturated carbocycles. The fraction of sp³-hybridized carbons (Fsp3) is 0.167. The second-order valence-corrected chi connectivity index (χ2v) is 8.03. The van der Waals surface area contributed by atoms with Gasteiger partial charge in [-0.05, 0) is 42.3 Å². The highest BCUT2D eigenvalue weighted by atomic mass is 16.4. The molecule has 35 heavy (non-hydrogen) atoms. The van der Waals surface area contributed by atoms with Gasteiger partial charge >= 0.3 is 5.76 Å². The number of hydrogen-bond donors (Lipinski definition) is 2. The van der Waals surface area contributed by atoms with E-state index in [0.29, 0.717) is 23.3 Å². The summed E-state index contributed by atoms with van der Waals surface area (Å²) in [5, 5.41) is 9.81. The van der Waals surface area contributed by atoms with E-state index in [1.54, 1.807) is 37.5 Å². The van der Waals surface area contributed by atoms with Crippen LogP contribution in [0.15, 0.2) is 64.1 Å². The molecule has 0 aliphatic carbocycles. The zero-order valence-corrected chi connectivity index (χ0v) is 19.0. The van der Waals surface area contributed by atoms with Crippen molar-refractivity contribution < 1.29 is 14.0 Å². The van der Waals surface area contributed by atoms with E-state index in [-0.39, 0.29) is 17.9 Å². The quantitative estimate of drug-likeness (QED) is 0.385. The van der Waals surface area contributed by atoms with Gasteiger partial charge in [0.25, 0.3) is 11.8 Å². The second kappa shape index (κ2) is 8.86. The van der Waals surface area contributed by atoms with Crippen LogP contribution >= 0.6 is 0 Å². The first-order valence-electron chi connectivity index (χ1n) is 10.8. The summed E-state index contributed by atoms with van der Waals surface area (Å²) in [4.78, 5) is 46.0. The summed E-state index contributed by atoms with van der Waals surface area (Å²) in [6.45, 7) is 2.37. The van der Waals surface area contributed by atoms with E-state index < -0.39 is 17.6 Å². The predicted molar refractivity (Wildman–Crippen MR) is 126 cm³/mol. The number of carbonyl (C=O) groups excluding carboxylic acids is 2. The summed E-state index contributed by atoms with van der Waals surface area (Å²) in [6, 6.07) is 11.9. The number of amides is 2. The van der Waals surface area contributed by atoms with Gasteiger partial charge in [-0.15, -0.1) is 0 Å². The Hall–Kier alpha value is -4.80. The molecule has 11 heteroatoms. The van der Waals surface area contributed by atoms with Crippen LogP contribution in [0.1, 0.15) is 37.8 Å². The Bertz CT molecular complexity index is 1650. The van der Waals surface area contributed by atoms with Crippen molar-refractivity contribution >= 4 is 28.6 Å². The number of nitrogens with one attached hydrogen (secondary N) is 2. The van der Waals surface area contributed by atoms with Crippen LogP contribution in [-0.4, -0.2) is 36.0 Å². The SMILES string of the molecule is Cc1cc(CNC(=O)c2cc(C(=O)NCc3ccc4oc(=O)n(C)c4c3)nc3ccnn23)ccn1. The molecule has 0 spiro atoms. The fourth-order valence-corrected chi connectivity index (χ4v) is 3.73. The third-order valence-electron chi connectivity index (χ3n) is 5.55. The monoisotopic (exact) mass is 471 g/mol. The number of aryl methyl sites for hydroxylation is 2. The van der Waals surface area contributed by atoms with Gasteiger partial charge in [-0.25, -0.2) is 14.3 Å². The van der Waals surface area contributed by atoms with Crippen molar-refractivity contribution in [1.29, 1.82) is 0 Å². The highest BCUT2D eigenvalue weighted by Crippen LogP contribution is 2.15. The Morgan fingerprint density at radius 1 is 0.971 bits per heavy atom. The van der Waals surface area contributed by atoms with Gasteiger partial charge in [0, 0.05) is 44.2 Å². The van der Waals surface area contributed by atoms with Crippen LogP contribution < -0.4 is 16.4 Å². The van der Waals surface area contributed by atoms with Crippen LogP contribution in [0.2, 0.25) is 0 Å². The van der Waals surface area contributed by atoms with Gasteiger partial charge in [-0.1, -0.05) is 6.07 Å². The molecule has 0 aliphatic heterocycles. The molecule has 2 N–H and O–H groups in total. The average molecular weight is 471 g/mol. The Balaban J connectivity index is 1.34. The lowest BCUT2D eigenvalue weighted by molar-refractivity contribution is 0.0942. The molecule has 0 fully saturated rings. The summed E-state index contributed by atoms with van der Waals surface area (Å²) in [6.07, 6.45) is 3.19. The number of oxazole rings is 1. The van der Waals surface area contributed by atoms with Crippen LogP contribution in [0.4, 0.5) is 0 Å². The molecule has 5 rings (SSSR count). The second-order valence-electron chi connectivity index (χ2n) is 8.03. The molecule has 4 aromatic heterocycles. The van der Waals surface area contributed by atoms with Crippen molar-refractivity contribution in [1.82, 2.24) is 34.8 Å². The van der Waals surface area contributed by atoms with Crippen LogP contribution in [0, 0.1) is 6.92 Å². The van der Waals surface area contributed by atoms with E-state index in [2.05, 4.69) is 25.7 Å². The van der Waals surface area contributed by atoms with Crippen LogP contribution in [0.3, 0.4) is 0 Å². The molecular formula is C24H21N7O4. The van der Waals surface area contributed by atoms with Crippen LogP contribution in [0.25, 0.3) is 16.7 Å². The number of aromatic nitrogens is 5. The molecule has 0 aliphatic rings. The standard InChI is InChI=1S/C24H21N7O4/c1-14-9-16(5-7-25-14)13-27-23(33)19-11-17(29-21-6-8-28-31(19)21)22(32)26-12-15-3-4-20-18(10-15)30(2)24(34)35-20/h3-11H,12-13H2,1-2H3,(H,26,32)(H,27,33). The molecule has 4 heterocycles. The number of pyridine rings is 1. The number of rotatable bonds is 6. The van der Waals surface area contributed by atoms with Gasteiger partial charge in [0.1, 0.15) is 11.4 Å². The van der Waals surface area contributed by atoms with Gasteiger partial charge in [-0.3, -0.25) is 19.1 Å². The lowest BCUT2D eigenvalue weighted by atomic mass is 10.2. The van der Waals surface area contributed by atoms with E-state index in [1.807, 2.05) is 19.1 Å². The lowest BCUT2D eigenvalue weighted by Crippen LogP contribution is -2.28. The Kier molecular flexibility index (Phi) is 5.57. The number of carbonyl (C=O) groups is 2. The normalized spacial score (nSPS) is 11.1. The molecule has 2 amide bonds. The van der Waals surface area contributed by atoms with Gasteiger partial charge in [0.2, 0.25) is 0 Å². The number of hydrogen-bond acceptors (Lipinski definition) is 7. The average Bonchev–Trinajstić information content (AvgIpc) is 3.44. The first-order chi connectivity index (χ1) is 16.9. The van der Waals surface area contributed by atoms with E-state index in [4.69, 9.17) is 4.42 Å². The van der Waals surface area contributed by atoms with Crippen molar-refractivity contribution in [3.8, 4) is 0 Å². The lowest BCUT2D eigenvalue weighted by Gasteiger charge is -2.10. The smallest absolute Gasteiger partial charge is 0.408 e. The highest BCUT2D eigenvalue weighted by molar-refractivity contribution is 5.98. The van der Waals surface area contributed by atoms with Gasteiger partial charge in [-0.2, -0.15) is 5.10 Å². The zero-order chi connectivity index (χ0) is 24.5. The zero-order valence-electron chi connectivity index (χ0n) is 19.0. The van der Waals surface area contributed by atoms with Crippen molar-refractivity contribution in [3.05, 3.63) is 93.6 Å². The van der Waals surface area contributed by atoms with E-state index in [9.17, 15) is 14.4 Å². The minimum atomic E-state index is -0.454. The maximum Gasteiger partial charge on any atom is 0.419 e. The molecular weight excluding hydrogens is 450 g/mol. The largest absolute Gasteiger partial charge is 0.419 e. The highest BCUT2D eigenvalue weighted by Gasteiger charge is 2.18. The summed E-state index contributed by atoms with van der Waals surface area (Å²) in [7, 11) is 1.61. The molecule has 0 atom stereocenters. The molecule has 0 bridgehead atoms. The summed E-state index contributed by atoms with van der Waals surface area (Å²) in [5.74, 6) is -1.30. The molecule has 11 nitrogen and oxygen atoms in total. The minimum Gasteiger partial charge on any atom is -0.408 e. The molecule has 176 valence electrons. The molecule has 1 aromatic carbocycles. The number of nitrogens with zero attached hydrogens (tertiary/aromatic N) is 5. The van der Waals surface area contributed by atoms with Gasteiger partial charge < -0.3 is 15.1 Å². The van der Waals surface area contributed by atoms with Gasteiger partial charge in [0.05, 0.1) is 11.7 Å². The summed E-state index contributed by atoms with van der Waals surface area (Å²) in [5.41, 5.74) is 4.27. The number of benzene rings is 1. The summed E-state index contributed by atoms with van der Waals surface area (Å²) >= 11 is 0. The van der Waals surface area contributed by atoms with E-state index >= 15 is 0 Å². The minimum absolute atomic E-state index is 0.0831. The first-order valence-corrected chi connectivity index (χ1v) is 10.8. The topological polar surface area (TPSA) is 136 Å². The van der Waals surface area contributed by atoms with Crippen molar-refractivity contribution in [3.63, 3.8) is 0 Å². The molecule has 0 saturated heterocycles. The van der Waals surface area contributed by atoms with Crippen molar-refractivity contribution in [2.45, 2.75) is 20.0 Å². The molecule has 0 radical (unpaired) electrons. The van der Waals surface area contributed by atoms with Crippen LogP contribution in [0.5, 0.6) is 0 Å². The first kappa shape index (κ1) is 22.0. The van der Waals surface area contributed by atoms with E-state index in [0.717, 1.165) is 16.8 Å². The van der Waals surface area contributed by atoms with Crippen LogP contribution in [-0.2, 0) is 20.1 Å². The van der Waals surface area contributed by atoms with Crippen molar-refractivity contribution in [2.75, 3.05) is 0 Å². The van der Waals surface area contributed by atoms with Crippen molar-refractivity contribution in [2.24, 2.45) is 7.05 Å². The van der Waals surface area contributed by atoms with E-state index in [1.165, 1.54) is 21.3 Å². The Morgan fingerprint density at radius 3 is 2.54 bits per heavy atom. The maximum atomic E-state index is 12.9. The maximum absolute atomic E-state index is 12.9. The third-order valence-corrected chi connectivity index (χ3v) is 5.55. The Morgan fingerprint density at radius 2 is 1.74 bits per heavy atom. The fourth-order valence-electron chi connectivity index (χ4n) is 3.73.